The number of thiophene rings is 1. The van der Waals surface area contributed by atoms with Gasteiger partial charge < -0.3 is 34.5 Å². The molecule has 0 fully saturated rings. The summed E-state index contributed by atoms with van der Waals surface area (Å²) >= 11 is 1.49. The third-order valence-electron chi connectivity index (χ3n) is 6.08. The Morgan fingerprint density at radius 2 is 1.73 bits per heavy atom. The van der Waals surface area contributed by atoms with E-state index in [-0.39, 0.29) is 12.0 Å². The van der Waals surface area contributed by atoms with Crippen LogP contribution >= 0.6 is 11.3 Å². The summed E-state index contributed by atoms with van der Waals surface area (Å²) in [6, 6.07) is 13.0. The van der Waals surface area contributed by atoms with Gasteiger partial charge in [0.1, 0.15) is 22.2 Å². The Hall–Kier alpha value is -3.92. The van der Waals surface area contributed by atoms with Gasteiger partial charge in [0.2, 0.25) is 0 Å². The molecule has 196 valence electrons. The number of benzene rings is 2. The van der Waals surface area contributed by atoms with Gasteiger partial charge in [0, 0.05) is 24.0 Å². The smallest absolute Gasteiger partial charge is 0.410 e. The molecule has 4 rings (SSSR count). The van der Waals surface area contributed by atoms with E-state index in [0.29, 0.717) is 55.4 Å². The van der Waals surface area contributed by atoms with Crippen LogP contribution in [0.1, 0.15) is 33.3 Å². The lowest BCUT2D eigenvalue weighted by Gasteiger charge is -2.26. The first kappa shape index (κ1) is 26.2. The largest absolute Gasteiger partial charge is 0.497 e. The fourth-order valence-electron chi connectivity index (χ4n) is 4.15. The Morgan fingerprint density at radius 1 is 1.00 bits per heavy atom. The number of nitrogens with one attached hydrogen (secondary N) is 2. The highest BCUT2D eigenvalue weighted by atomic mass is 32.1. The molecule has 2 amide bonds. The van der Waals surface area contributed by atoms with Gasteiger partial charge in [-0.25, -0.2) is 4.79 Å². The van der Waals surface area contributed by atoms with Crippen molar-refractivity contribution in [2.24, 2.45) is 0 Å². The highest BCUT2D eigenvalue weighted by Gasteiger charge is 2.30. The predicted molar refractivity (Wildman–Crippen MR) is 143 cm³/mol. The Bertz CT molecular complexity index is 1260. The van der Waals surface area contributed by atoms with Gasteiger partial charge in [-0.3, -0.25) is 4.79 Å². The molecule has 37 heavy (non-hydrogen) atoms. The van der Waals surface area contributed by atoms with E-state index in [9.17, 15) is 9.59 Å². The first-order valence-electron chi connectivity index (χ1n) is 11.9. The number of ether oxygens (including phenoxy) is 4. The summed E-state index contributed by atoms with van der Waals surface area (Å²) in [5.41, 5.74) is 3.10. The van der Waals surface area contributed by atoms with Crippen LogP contribution in [-0.4, -0.2) is 51.4 Å². The normalized spacial score (nSPS) is 12.4. The number of rotatable bonds is 9. The van der Waals surface area contributed by atoms with E-state index < -0.39 is 0 Å². The van der Waals surface area contributed by atoms with Gasteiger partial charge >= 0.3 is 6.09 Å². The molecule has 9 nitrogen and oxygen atoms in total. The number of fused-ring (bicyclic) bond motifs is 1. The number of carbonyl (C=O) groups excluding carboxylic acids is 2. The van der Waals surface area contributed by atoms with Gasteiger partial charge in [-0.1, -0.05) is 12.1 Å². The van der Waals surface area contributed by atoms with Crippen LogP contribution in [0.5, 0.6) is 17.2 Å². The third kappa shape index (κ3) is 5.91. The fourth-order valence-corrected chi connectivity index (χ4v) is 5.41. The maximum atomic E-state index is 13.7. The lowest BCUT2D eigenvalue weighted by atomic mass is 10.0. The molecule has 0 atom stereocenters. The van der Waals surface area contributed by atoms with E-state index >= 15 is 0 Å². The zero-order valence-corrected chi connectivity index (χ0v) is 22.2. The summed E-state index contributed by atoms with van der Waals surface area (Å²) in [5.74, 6) is 1.66. The molecule has 0 bridgehead atoms. The molecule has 0 unspecified atom stereocenters. The average molecular weight is 526 g/mol. The monoisotopic (exact) mass is 525 g/mol. The summed E-state index contributed by atoms with van der Waals surface area (Å²) < 4.78 is 21.2. The Kier molecular flexibility index (Phi) is 8.39. The van der Waals surface area contributed by atoms with Crippen LogP contribution in [0.25, 0.3) is 0 Å². The van der Waals surface area contributed by atoms with Crippen LogP contribution in [0.2, 0.25) is 0 Å². The predicted octanol–water partition coefficient (Wildman–Crippen LogP) is 5.15. The third-order valence-corrected chi connectivity index (χ3v) is 7.25. The Morgan fingerprint density at radius 3 is 2.41 bits per heavy atom. The number of anilines is 2. The van der Waals surface area contributed by atoms with Crippen molar-refractivity contribution in [3.8, 4) is 17.2 Å². The first-order valence-corrected chi connectivity index (χ1v) is 12.7. The molecular formula is C27H31N3O6S. The number of hydrogen-bond acceptors (Lipinski definition) is 8. The number of methoxy groups -OCH3 is 3. The lowest BCUT2D eigenvalue weighted by Crippen LogP contribution is -2.36. The maximum absolute atomic E-state index is 13.7. The number of nitrogens with zero attached hydrogens (tertiary/aromatic N) is 1. The molecule has 0 saturated carbocycles. The van der Waals surface area contributed by atoms with Crippen molar-refractivity contribution in [1.29, 1.82) is 0 Å². The minimum Gasteiger partial charge on any atom is -0.497 e. The molecular weight excluding hydrogens is 494 g/mol. The molecule has 0 saturated heterocycles. The zero-order chi connectivity index (χ0) is 26.4. The van der Waals surface area contributed by atoms with Crippen LogP contribution in [0.4, 0.5) is 15.5 Å². The topological polar surface area (TPSA) is 98.4 Å². The second-order valence-electron chi connectivity index (χ2n) is 8.30. The second kappa shape index (κ2) is 11.9. The van der Waals surface area contributed by atoms with Gasteiger partial charge in [0.05, 0.1) is 45.7 Å². The number of hydrogen-bond donors (Lipinski definition) is 2. The standard InChI is InChI=1S/C27H31N3O6S/c1-5-36-27(32)30-13-12-20-23(16-30)37-26(28-15-17-6-8-18(33-2)9-7-17)24(20)25(31)29-21-11-10-19(34-3)14-22(21)35-4/h6-11,14,28H,5,12-13,15-16H2,1-4H3,(H,29,31). The average Bonchev–Trinajstić information content (AvgIpc) is 3.30. The Labute approximate surface area is 220 Å². The van der Waals surface area contributed by atoms with Crippen molar-refractivity contribution in [3.63, 3.8) is 0 Å². The summed E-state index contributed by atoms with van der Waals surface area (Å²) in [4.78, 5) is 28.6. The van der Waals surface area contributed by atoms with Gasteiger partial charge in [0.25, 0.3) is 5.91 Å². The zero-order valence-electron chi connectivity index (χ0n) is 21.4. The van der Waals surface area contributed by atoms with Crippen LogP contribution in [-0.2, 0) is 24.2 Å². The summed E-state index contributed by atoms with van der Waals surface area (Å²) in [5, 5.41) is 7.18. The highest BCUT2D eigenvalue weighted by molar-refractivity contribution is 7.16. The van der Waals surface area contributed by atoms with Crippen molar-refractivity contribution in [2.45, 2.75) is 26.4 Å². The van der Waals surface area contributed by atoms with E-state index in [4.69, 9.17) is 18.9 Å². The van der Waals surface area contributed by atoms with Crippen LogP contribution < -0.4 is 24.8 Å². The molecule has 3 aromatic rings. The molecule has 1 aliphatic rings. The summed E-state index contributed by atoms with van der Waals surface area (Å²) in [6.45, 7) is 3.51. The SMILES string of the molecule is CCOC(=O)N1CCc2c(sc(NCc3ccc(OC)cc3)c2C(=O)Nc2ccc(OC)cc2OC)C1. The van der Waals surface area contributed by atoms with Crippen LogP contribution in [0.3, 0.4) is 0 Å². The van der Waals surface area contributed by atoms with E-state index in [1.165, 1.54) is 11.3 Å². The molecule has 0 spiro atoms. The van der Waals surface area contributed by atoms with Crippen molar-refractivity contribution < 1.29 is 28.5 Å². The fraction of sp³-hybridized carbons (Fsp3) is 0.333. The molecule has 0 radical (unpaired) electrons. The summed E-state index contributed by atoms with van der Waals surface area (Å²) in [7, 11) is 4.75. The lowest BCUT2D eigenvalue weighted by molar-refractivity contribution is 0.102. The van der Waals surface area contributed by atoms with Gasteiger partial charge in [-0.15, -0.1) is 11.3 Å². The number of carbonyl (C=O) groups is 2. The maximum Gasteiger partial charge on any atom is 0.410 e. The summed E-state index contributed by atoms with van der Waals surface area (Å²) in [6.07, 6.45) is 0.209. The van der Waals surface area contributed by atoms with Gasteiger partial charge in [-0.05, 0) is 48.7 Å². The van der Waals surface area contributed by atoms with E-state index in [2.05, 4.69) is 10.6 Å². The molecule has 2 aromatic carbocycles. The van der Waals surface area contributed by atoms with E-state index in [0.717, 1.165) is 26.8 Å². The van der Waals surface area contributed by atoms with Crippen molar-refractivity contribution in [3.05, 3.63) is 64.0 Å². The van der Waals surface area contributed by atoms with Crippen LogP contribution in [0.15, 0.2) is 42.5 Å². The minimum atomic E-state index is -0.344. The van der Waals surface area contributed by atoms with Crippen molar-refractivity contribution in [2.75, 3.05) is 45.1 Å². The molecule has 2 heterocycles. The molecule has 10 heteroatoms. The van der Waals surface area contributed by atoms with Gasteiger partial charge in [-0.2, -0.15) is 0 Å². The molecule has 2 N–H and O–H groups in total. The highest BCUT2D eigenvalue weighted by Crippen LogP contribution is 2.39. The molecule has 1 aliphatic heterocycles. The van der Waals surface area contributed by atoms with Crippen molar-refractivity contribution in [1.82, 2.24) is 4.90 Å². The van der Waals surface area contributed by atoms with E-state index in [1.54, 1.807) is 51.4 Å². The molecule has 1 aromatic heterocycles. The van der Waals surface area contributed by atoms with Crippen molar-refractivity contribution >= 4 is 34.0 Å². The van der Waals surface area contributed by atoms with Gasteiger partial charge in [0.15, 0.2) is 0 Å². The quantitative estimate of drug-likeness (QED) is 0.399. The molecule has 0 aliphatic carbocycles. The second-order valence-corrected chi connectivity index (χ2v) is 9.41. The van der Waals surface area contributed by atoms with E-state index in [1.807, 2.05) is 24.3 Å². The number of amides is 2. The minimum absolute atomic E-state index is 0.247. The Balaban J connectivity index is 1.62. The van der Waals surface area contributed by atoms with Crippen LogP contribution in [0, 0.1) is 0 Å². The first-order chi connectivity index (χ1) is 18.0.